The van der Waals surface area contributed by atoms with Crippen molar-refractivity contribution in [2.45, 2.75) is 113 Å². The first-order chi connectivity index (χ1) is 25.7. The first-order valence-corrected chi connectivity index (χ1v) is 21.7. The van der Waals surface area contributed by atoms with Crippen LogP contribution in [0.2, 0.25) is 0 Å². The minimum absolute atomic E-state index is 0.00570. The quantitative estimate of drug-likeness (QED) is 0.0657. The summed E-state index contributed by atoms with van der Waals surface area (Å²) in [5.41, 5.74) is 4.02. The molecule has 0 saturated heterocycles. The summed E-state index contributed by atoms with van der Waals surface area (Å²) in [6.45, 7) is 13.5. The molecule has 14 heteroatoms. The fourth-order valence-corrected chi connectivity index (χ4v) is 8.64. The number of ketones is 1. The molecule has 55 heavy (non-hydrogen) atoms. The number of Topliss-reactive ketones (excluding diaryl/α,β-unsaturated/α-hetero) is 1. The van der Waals surface area contributed by atoms with Gasteiger partial charge in [-0.25, -0.2) is 8.42 Å². The van der Waals surface area contributed by atoms with Crippen molar-refractivity contribution in [3.63, 3.8) is 0 Å². The standard InChI is InChI=1S/C41H56N4O8S2/c1-8-44-35-23-21-30(54(48,49)50)27-32(35)40(3,4)37(44)18-11-9-12-19-38-41(5,6)33-28-31(55(51,52)53)22-24-36(33)45(38)26-16-10-13-20-39(47)43-25-15-14-17-34(42-7)29(2)46/h9,11-12,18-19,21-24,27-28,34,42H,8,10,13-17,20,25-26H2,1-7H3,(H2-,43,47,48,49,50,51,52,53)/t34-/m0/s1. The summed E-state index contributed by atoms with van der Waals surface area (Å²) in [6, 6.07) is 9.03. The van der Waals surface area contributed by atoms with Gasteiger partial charge in [-0.2, -0.15) is 13.0 Å². The maximum atomic E-state index is 12.5. The monoisotopic (exact) mass is 796 g/mol. The lowest BCUT2D eigenvalue weighted by molar-refractivity contribution is -0.438. The van der Waals surface area contributed by atoms with Crippen LogP contribution in [0.3, 0.4) is 0 Å². The van der Waals surface area contributed by atoms with Crippen LogP contribution in [0.4, 0.5) is 11.4 Å². The number of anilines is 1. The summed E-state index contributed by atoms with van der Waals surface area (Å²) in [6.07, 6.45) is 14.9. The first kappa shape index (κ1) is 43.8. The van der Waals surface area contributed by atoms with Crippen molar-refractivity contribution in [1.82, 2.24) is 10.6 Å². The fourth-order valence-electron chi connectivity index (χ4n) is 7.64. The van der Waals surface area contributed by atoms with Crippen LogP contribution < -0.4 is 15.5 Å². The van der Waals surface area contributed by atoms with Crippen LogP contribution in [0.15, 0.2) is 82.3 Å². The third-order valence-electron chi connectivity index (χ3n) is 10.7. The van der Waals surface area contributed by atoms with E-state index >= 15 is 0 Å². The van der Waals surface area contributed by atoms with Crippen molar-refractivity contribution in [1.29, 1.82) is 0 Å². The lowest BCUT2D eigenvalue weighted by atomic mass is 9.81. The zero-order valence-corrected chi connectivity index (χ0v) is 34.6. The van der Waals surface area contributed by atoms with Crippen LogP contribution in [-0.4, -0.2) is 80.6 Å². The van der Waals surface area contributed by atoms with E-state index in [2.05, 4.69) is 20.1 Å². The van der Waals surface area contributed by atoms with Crippen LogP contribution in [-0.2, 0) is 40.7 Å². The van der Waals surface area contributed by atoms with Crippen LogP contribution in [0, 0.1) is 0 Å². The Kier molecular flexibility index (Phi) is 14.2. The molecule has 0 aromatic heterocycles. The molecule has 1 atom stereocenters. The van der Waals surface area contributed by atoms with E-state index in [9.17, 15) is 35.5 Å². The molecular weight excluding hydrogens is 741 g/mol. The third-order valence-corrected chi connectivity index (χ3v) is 12.4. The second-order valence-electron chi connectivity index (χ2n) is 15.2. The van der Waals surface area contributed by atoms with Crippen LogP contribution in [0.5, 0.6) is 0 Å². The number of nitrogens with one attached hydrogen (secondary N) is 2. The number of hydrogen-bond donors (Lipinski definition) is 3. The summed E-state index contributed by atoms with van der Waals surface area (Å²) in [4.78, 5) is 25.7. The first-order valence-electron chi connectivity index (χ1n) is 18.9. The van der Waals surface area contributed by atoms with E-state index < -0.39 is 31.1 Å². The normalized spacial score (nSPS) is 17.7. The molecule has 0 saturated carbocycles. The number of carbonyl (C=O) groups excluding carboxylic acids is 2. The summed E-state index contributed by atoms with van der Waals surface area (Å²) in [5.74, 6) is 0.120. The predicted octanol–water partition coefficient (Wildman–Crippen LogP) is 6.05. The molecule has 300 valence electrons. The average molecular weight is 797 g/mol. The minimum Gasteiger partial charge on any atom is -0.744 e. The number of rotatable bonds is 19. The number of benzene rings is 2. The van der Waals surface area contributed by atoms with E-state index in [0.29, 0.717) is 26.1 Å². The van der Waals surface area contributed by atoms with Crippen LogP contribution in [0.1, 0.15) is 97.6 Å². The topological polar surface area (TPSA) is 176 Å². The Bertz CT molecular complexity index is 2120. The molecule has 2 aromatic carbocycles. The molecule has 0 spiro atoms. The number of carbonyl (C=O) groups is 2. The van der Waals surface area contributed by atoms with E-state index in [1.54, 1.807) is 26.1 Å². The molecule has 2 aliphatic heterocycles. The predicted molar refractivity (Wildman–Crippen MR) is 215 cm³/mol. The second kappa shape index (κ2) is 17.9. The maximum Gasteiger partial charge on any atom is 0.294 e. The zero-order chi connectivity index (χ0) is 40.8. The molecule has 0 radical (unpaired) electrons. The average Bonchev–Trinajstić information content (AvgIpc) is 3.45. The Morgan fingerprint density at radius 1 is 0.909 bits per heavy atom. The van der Waals surface area contributed by atoms with Gasteiger partial charge in [-0.3, -0.25) is 14.1 Å². The number of nitrogens with zero attached hydrogens (tertiary/aromatic N) is 2. The van der Waals surface area contributed by atoms with Gasteiger partial charge in [0.1, 0.15) is 22.4 Å². The van der Waals surface area contributed by atoms with Gasteiger partial charge < -0.3 is 20.1 Å². The molecule has 0 fully saturated rings. The van der Waals surface area contributed by atoms with Crippen LogP contribution >= 0.6 is 0 Å². The van der Waals surface area contributed by atoms with E-state index in [4.69, 9.17) is 0 Å². The molecule has 2 aliphatic rings. The van der Waals surface area contributed by atoms with Gasteiger partial charge in [0.15, 0.2) is 5.71 Å². The summed E-state index contributed by atoms with van der Waals surface area (Å²) < 4.78 is 71.4. The molecule has 4 rings (SSSR count). The van der Waals surface area contributed by atoms with Crippen molar-refractivity contribution in [2.24, 2.45) is 0 Å². The SMILES string of the molecule is CCN1\C(=C/C=C/C=C/C2=[N+](CCCCCC(=O)NCCCC[C@H](NC)C(C)=O)c3ccc(S(=O)(=O)O)cc3C2(C)C)C(C)(C)c2cc(S(=O)(=O)[O-])ccc21. The number of fused-ring (bicyclic) bond motifs is 2. The number of allylic oxidation sites excluding steroid dienone is 6. The summed E-state index contributed by atoms with van der Waals surface area (Å²) in [7, 11) is -7.23. The van der Waals surface area contributed by atoms with Gasteiger partial charge in [0.05, 0.1) is 21.2 Å². The van der Waals surface area contributed by atoms with Crippen LogP contribution in [0.25, 0.3) is 0 Å². The lowest BCUT2D eigenvalue weighted by Crippen LogP contribution is -2.32. The fraction of sp³-hybridized carbons (Fsp3) is 0.488. The third kappa shape index (κ3) is 10.3. The Morgan fingerprint density at radius 2 is 1.60 bits per heavy atom. The largest absolute Gasteiger partial charge is 0.744 e. The van der Waals surface area contributed by atoms with Gasteiger partial charge in [-0.1, -0.05) is 32.1 Å². The van der Waals surface area contributed by atoms with Gasteiger partial charge in [0.2, 0.25) is 11.6 Å². The van der Waals surface area contributed by atoms with E-state index in [0.717, 1.165) is 72.4 Å². The van der Waals surface area contributed by atoms with Gasteiger partial charge in [0, 0.05) is 60.4 Å². The van der Waals surface area contributed by atoms with Crippen molar-refractivity contribution in [3.05, 3.63) is 83.6 Å². The number of likely N-dealkylation sites (N-methyl/N-ethyl adjacent to an activating group) is 2. The molecule has 3 N–H and O–H groups in total. The van der Waals surface area contributed by atoms with Gasteiger partial charge in [-0.15, -0.1) is 0 Å². The molecule has 0 unspecified atom stereocenters. The van der Waals surface area contributed by atoms with E-state index in [-0.39, 0.29) is 27.5 Å². The highest BCUT2D eigenvalue weighted by Gasteiger charge is 2.45. The van der Waals surface area contributed by atoms with Gasteiger partial charge in [0.25, 0.3) is 10.1 Å². The summed E-state index contributed by atoms with van der Waals surface area (Å²) in [5, 5.41) is 5.99. The number of amides is 1. The molecule has 1 amide bonds. The van der Waals surface area contributed by atoms with E-state index in [1.807, 2.05) is 65.0 Å². The Hall–Kier alpha value is -3.95. The van der Waals surface area contributed by atoms with Gasteiger partial charge >= 0.3 is 0 Å². The van der Waals surface area contributed by atoms with Crippen molar-refractivity contribution >= 4 is 49.0 Å². The highest BCUT2D eigenvalue weighted by molar-refractivity contribution is 7.86. The minimum atomic E-state index is -4.60. The lowest BCUT2D eigenvalue weighted by Gasteiger charge is -2.25. The smallest absolute Gasteiger partial charge is 0.294 e. The van der Waals surface area contributed by atoms with Crippen molar-refractivity contribution < 1.29 is 40.1 Å². The molecule has 2 heterocycles. The maximum absolute atomic E-state index is 12.5. The Morgan fingerprint density at radius 3 is 2.24 bits per heavy atom. The van der Waals surface area contributed by atoms with Crippen molar-refractivity contribution in [3.8, 4) is 0 Å². The highest BCUT2D eigenvalue weighted by atomic mass is 32.2. The zero-order valence-electron chi connectivity index (χ0n) is 33.0. The number of unbranched alkanes of at least 4 members (excludes halogenated alkanes) is 3. The summed E-state index contributed by atoms with van der Waals surface area (Å²) >= 11 is 0. The molecule has 12 nitrogen and oxygen atoms in total. The Labute approximate surface area is 327 Å². The number of hydrogen-bond acceptors (Lipinski definition) is 9. The molecule has 0 aliphatic carbocycles. The van der Waals surface area contributed by atoms with E-state index in [1.165, 1.54) is 24.3 Å². The Balaban J connectivity index is 1.47. The highest BCUT2D eigenvalue weighted by Crippen LogP contribution is 2.48. The second-order valence-corrected chi connectivity index (χ2v) is 18.0. The molecular formula is C41H56N4O8S2. The molecule has 0 bridgehead atoms. The van der Waals surface area contributed by atoms with Gasteiger partial charge in [-0.05, 0) is 109 Å². The van der Waals surface area contributed by atoms with Crippen molar-refractivity contribution in [2.75, 3.05) is 31.6 Å². The molecule has 2 aromatic rings.